The Labute approximate surface area is 184 Å². The van der Waals surface area contributed by atoms with Gasteiger partial charge in [-0.25, -0.2) is 4.39 Å². The van der Waals surface area contributed by atoms with E-state index < -0.39 is 0 Å². The van der Waals surface area contributed by atoms with E-state index in [2.05, 4.69) is 29.2 Å². The van der Waals surface area contributed by atoms with Gasteiger partial charge in [0, 0.05) is 37.8 Å². The second-order valence-electron chi connectivity index (χ2n) is 8.24. The molecule has 1 aliphatic rings. The molecule has 160 valence electrons. The van der Waals surface area contributed by atoms with Crippen LogP contribution in [0.2, 0.25) is 0 Å². The fraction of sp³-hybridized carbons (Fsp3) is 0.296. The highest BCUT2D eigenvalue weighted by Gasteiger charge is 2.28. The van der Waals surface area contributed by atoms with Crippen molar-refractivity contribution in [2.45, 2.75) is 31.8 Å². The lowest BCUT2D eigenvalue weighted by Crippen LogP contribution is -2.47. The molecular formula is C27H29FN2O. The number of halogens is 1. The molecule has 0 unspecified atom stereocenters. The minimum Gasteiger partial charge on any atom is -0.331 e. The van der Waals surface area contributed by atoms with Crippen LogP contribution in [-0.4, -0.2) is 41.4 Å². The molecule has 3 nitrogen and oxygen atoms in total. The van der Waals surface area contributed by atoms with Gasteiger partial charge in [0.1, 0.15) is 5.82 Å². The Morgan fingerprint density at radius 2 is 1.52 bits per heavy atom. The van der Waals surface area contributed by atoms with Crippen LogP contribution in [0.1, 0.15) is 34.3 Å². The number of carbonyl (C=O) groups excluding carboxylic acids is 1. The molecule has 0 bridgehead atoms. The summed E-state index contributed by atoms with van der Waals surface area (Å²) in [5.74, 6) is -0.243. The van der Waals surface area contributed by atoms with Crippen LogP contribution >= 0.6 is 0 Å². The van der Waals surface area contributed by atoms with Gasteiger partial charge in [0.05, 0.1) is 0 Å². The van der Waals surface area contributed by atoms with E-state index in [4.69, 9.17) is 0 Å². The third-order valence-electron chi connectivity index (χ3n) is 6.08. The largest absolute Gasteiger partial charge is 0.331 e. The van der Waals surface area contributed by atoms with E-state index in [-0.39, 0.29) is 17.8 Å². The number of nitrogens with zero attached hydrogens (tertiary/aromatic N) is 2. The molecule has 3 aromatic carbocycles. The lowest BCUT2D eigenvalue weighted by atomic mass is 10.00. The Hall–Kier alpha value is -2.98. The van der Waals surface area contributed by atoms with Crippen LogP contribution < -0.4 is 0 Å². The number of hydrogen-bond donors (Lipinski definition) is 0. The summed E-state index contributed by atoms with van der Waals surface area (Å²) >= 11 is 0. The number of rotatable bonds is 7. The third-order valence-corrected chi connectivity index (χ3v) is 6.08. The summed E-state index contributed by atoms with van der Waals surface area (Å²) in [6, 6.07) is 26.7. The second kappa shape index (κ2) is 10.4. The maximum atomic E-state index is 13.7. The Morgan fingerprint density at radius 1 is 0.871 bits per heavy atom. The molecule has 4 heteroatoms. The zero-order valence-electron chi connectivity index (χ0n) is 17.8. The first-order chi connectivity index (χ1) is 15.2. The number of hydrogen-bond acceptors (Lipinski definition) is 2. The van der Waals surface area contributed by atoms with Crippen LogP contribution in [0.3, 0.4) is 0 Å². The topological polar surface area (TPSA) is 23.6 Å². The Bertz CT molecular complexity index is 969. The molecule has 3 aromatic rings. The van der Waals surface area contributed by atoms with Crippen molar-refractivity contribution >= 4 is 5.91 Å². The smallest absolute Gasteiger partial charge is 0.254 e. The maximum Gasteiger partial charge on any atom is 0.254 e. The van der Waals surface area contributed by atoms with Crippen molar-refractivity contribution in [1.29, 1.82) is 0 Å². The second-order valence-corrected chi connectivity index (χ2v) is 8.24. The molecule has 1 aliphatic heterocycles. The molecule has 0 spiro atoms. The molecule has 0 radical (unpaired) electrons. The van der Waals surface area contributed by atoms with Crippen LogP contribution in [0.5, 0.6) is 0 Å². The third kappa shape index (κ3) is 5.80. The van der Waals surface area contributed by atoms with Gasteiger partial charge in [-0.15, -0.1) is 0 Å². The first-order valence-electron chi connectivity index (χ1n) is 11.1. The first-order valence-corrected chi connectivity index (χ1v) is 11.1. The van der Waals surface area contributed by atoms with Crippen molar-refractivity contribution in [1.82, 2.24) is 9.80 Å². The normalized spacial score (nSPS) is 15.0. The van der Waals surface area contributed by atoms with E-state index in [0.717, 1.165) is 44.5 Å². The predicted octanol–water partition coefficient (Wildman–Crippen LogP) is 5.18. The highest BCUT2D eigenvalue weighted by molar-refractivity contribution is 5.94. The molecule has 4 rings (SSSR count). The summed E-state index contributed by atoms with van der Waals surface area (Å²) in [6.07, 6.45) is 2.91. The van der Waals surface area contributed by atoms with E-state index >= 15 is 0 Å². The fourth-order valence-electron chi connectivity index (χ4n) is 4.33. The number of piperidine rings is 1. The fourth-order valence-corrected chi connectivity index (χ4v) is 4.33. The van der Waals surface area contributed by atoms with Gasteiger partial charge in [0.15, 0.2) is 0 Å². The van der Waals surface area contributed by atoms with Crippen molar-refractivity contribution in [3.05, 3.63) is 107 Å². The van der Waals surface area contributed by atoms with Gasteiger partial charge in [0.2, 0.25) is 0 Å². The van der Waals surface area contributed by atoms with Crippen molar-refractivity contribution < 1.29 is 9.18 Å². The van der Waals surface area contributed by atoms with Gasteiger partial charge in [-0.2, -0.15) is 0 Å². The molecule has 0 N–H and O–H groups in total. The van der Waals surface area contributed by atoms with E-state index in [0.29, 0.717) is 12.1 Å². The molecule has 1 fully saturated rings. The Kier molecular flexibility index (Phi) is 7.11. The van der Waals surface area contributed by atoms with E-state index in [1.807, 2.05) is 47.4 Å². The molecule has 0 atom stereocenters. The molecule has 1 saturated heterocycles. The number of benzene rings is 3. The highest BCUT2D eigenvalue weighted by Crippen LogP contribution is 2.22. The minimum absolute atomic E-state index is 0.0209. The van der Waals surface area contributed by atoms with Crippen molar-refractivity contribution in [2.75, 3.05) is 19.6 Å². The van der Waals surface area contributed by atoms with Gasteiger partial charge < -0.3 is 9.80 Å². The van der Waals surface area contributed by atoms with Crippen LogP contribution in [0.15, 0.2) is 84.9 Å². The molecule has 0 saturated carbocycles. The predicted molar refractivity (Wildman–Crippen MR) is 122 cm³/mol. The average molecular weight is 417 g/mol. The van der Waals surface area contributed by atoms with Crippen LogP contribution in [-0.2, 0) is 13.0 Å². The molecular weight excluding hydrogens is 387 g/mol. The number of amides is 1. The maximum absolute atomic E-state index is 13.7. The van der Waals surface area contributed by atoms with Gasteiger partial charge in [-0.05, 0) is 54.7 Å². The van der Waals surface area contributed by atoms with Gasteiger partial charge in [-0.1, -0.05) is 60.7 Å². The highest BCUT2D eigenvalue weighted by atomic mass is 19.1. The van der Waals surface area contributed by atoms with Gasteiger partial charge in [-0.3, -0.25) is 4.79 Å². The Morgan fingerprint density at radius 3 is 2.19 bits per heavy atom. The van der Waals surface area contributed by atoms with E-state index in [9.17, 15) is 9.18 Å². The van der Waals surface area contributed by atoms with Crippen LogP contribution in [0, 0.1) is 5.82 Å². The summed E-state index contributed by atoms with van der Waals surface area (Å²) < 4.78 is 13.7. The minimum atomic E-state index is -0.264. The molecule has 0 aliphatic carbocycles. The lowest BCUT2D eigenvalue weighted by Gasteiger charge is -2.39. The van der Waals surface area contributed by atoms with E-state index in [1.165, 1.54) is 17.7 Å². The number of carbonyl (C=O) groups is 1. The summed E-state index contributed by atoms with van der Waals surface area (Å²) in [5, 5.41) is 0. The van der Waals surface area contributed by atoms with Gasteiger partial charge >= 0.3 is 0 Å². The SMILES string of the molecule is O=C(c1ccccc1)N(Cc1cccc(F)c1)C1CCN(CCc2ccccc2)CC1. The van der Waals surface area contributed by atoms with E-state index in [1.54, 1.807) is 6.07 Å². The Balaban J connectivity index is 1.42. The molecule has 31 heavy (non-hydrogen) atoms. The standard InChI is InChI=1S/C27H29FN2O/c28-25-13-7-10-23(20-25)21-30(27(31)24-11-5-2-6-12-24)26-15-18-29(19-16-26)17-14-22-8-3-1-4-9-22/h1-13,20,26H,14-19,21H2. The monoisotopic (exact) mass is 416 g/mol. The van der Waals surface area contributed by atoms with Crippen LogP contribution in [0.4, 0.5) is 4.39 Å². The summed E-state index contributed by atoms with van der Waals surface area (Å²) in [4.78, 5) is 17.8. The lowest BCUT2D eigenvalue weighted by molar-refractivity contribution is 0.0550. The molecule has 1 amide bonds. The number of likely N-dealkylation sites (tertiary alicyclic amines) is 1. The molecule has 0 aromatic heterocycles. The summed E-state index contributed by atoms with van der Waals surface area (Å²) in [7, 11) is 0. The quantitative estimate of drug-likeness (QED) is 0.530. The average Bonchev–Trinajstić information content (AvgIpc) is 2.82. The zero-order chi connectivity index (χ0) is 21.5. The summed E-state index contributed by atoms with van der Waals surface area (Å²) in [6.45, 7) is 3.41. The summed E-state index contributed by atoms with van der Waals surface area (Å²) in [5.41, 5.74) is 2.87. The zero-order valence-corrected chi connectivity index (χ0v) is 17.8. The first kappa shape index (κ1) is 21.3. The van der Waals surface area contributed by atoms with Crippen molar-refractivity contribution in [3.63, 3.8) is 0 Å². The molecule has 1 heterocycles. The van der Waals surface area contributed by atoms with Crippen molar-refractivity contribution in [2.24, 2.45) is 0 Å². The van der Waals surface area contributed by atoms with Crippen molar-refractivity contribution in [3.8, 4) is 0 Å². The van der Waals surface area contributed by atoms with Crippen LogP contribution in [0.25, 0.3) is 0 Å². The van der Waals surface area contributed by atoms with Gasteiger partial charge in [0.25, 0.3) is 5.91 Å².